The molecule has 0 saturated heterocycles. The van der Waals surface area contributed by atoms with Gasteiger partial charge in [0.2, 0.25) is 17.8 Å². The van der Waals surface area contributed by atoms with Crippen molar-refractivity contribution in [1.29, 1.82) is 0 Å². The maximum Gasteiger partial charge on any atom is 0.224 e. The molecule has 1 aliphatic carbocycles. The molecule has 3 aromatic rings. The number of nitrogens with zero attached hydrogens (tertiary/aromatic N) is 4. The average Bonchev–Trinajstić information content (AvgIpc) is 3.11. The quantitative estimate of drug-likeness (QED) is 0.492. The summed E-state index contributed by atoms with van der Waals surface area (Å²) in [5.74, 6) is -3.53. The summed E-state index contributed by atoms with van der Waals surface area (Å²) in [7, 11) is 0. The van der Waals surface area contributed by atoms with Crippen molar-refractivity contribution < 1.29 is 18.0 Å². The standard InChI is InChI=1S/C21H24F3N7O/c1-10(2)27-20-26-9-15-19(30-20)31(12-5-3-11(4-6-12)18(25)32)21(28-15)29-17-14(23)8-7-13(22)16(17)24/h7-12H,3-6H2,1-2H3,(H2,25,32)(H,28,29)(H,26,27,30). The van der Waals surface area contributed by atoms with Crippen LogP contribution >= 0.6 is 0 Å². The second kappa shape index (κ2) is 8.64. The van der Waals surface area contributed by atoms with E-state index in [2.05, 4.69) is 25.6 Å². The van der Waals surface area contributed by atoms with E-state index in [1.54, 1.807) is 4.57 Å². The molecule has 1 fully saturated rings. The number of halogens is 3. The maximum atomic E-state index is 14.3. The molecule has 0 atom stereocenters. The van der Waals surface area contributed by atoms with Crippen molar-refractivity contribution >= 4 is 34.7 Å². The van der Waals surface area contributed by atoms with Crippen LogP contribution in [0.3, 0.4) is 0 Å². The SMILES string of the molecule is CC(C)Nc1ncc2nc(Nc3c(F)ccc(F)c3F)n(C3CCC(C(N)=O)CC3)c2n1. The Morgan fingerprint density at radius 2 is 1.81 bits per heavy atom. The van der Waals surface area contributed by atoms with Gasteiger partial charge in [-0.2, -0.15) is 4.98 Å². The number of nitrogens with two attached hydrogens (primary N) is 1. The highest BCUT2D eigenvalue weighted by atomic mass is 19.2. The third kappa shape index (κ3) is 4.19. The van der Waals surface area contributed by atoms with Crippen LogP contribution in [0.1, 0.15) is 45.6 Å². The number of anilines is 3. The first-order valence-corrected chi connectivity index (χ1v) is 10.5. The number of benzene rings is 1. The van der Waals surface area contributed by atoms with Crippen LogP contribution in [0.2, 0.25) is 0 Å². The van der Waals surface area contributed by atoms with Crippen molar-refractivity contribution in [2.75, 3.05) is 10.6 Å². The summed E-state index contributed by atoms with van der Waals surface area (Å²) in [6.07, 6.45) is 3.85. The number of carbonyl (C=O) groups is 1. The lowest BCUT2D eigenvalue weighted by Crippen LogP contribution is -2.29. The van der Waals surface area contributed by atoms with Crippen molar-refractivity contribution in [3.05, 3.63) is 35.8 Å². The number of hydrogen-bond donors (Lipinski definition) is 3. The Morgan fingerprint density at radius 1 is 1.12 bits per heavy atom. The zero-order valence-electron chi connectivity index (χ0n) is 17.7. The van der Waals surface area contributed by atoms with E-state index in [9.17, 15) is 18.0 Å². The molecule has 4 rings (SSSR count). The largest absolute Gasteiger partial charge is 0.369 e. The Morgan fingerprint density at radius 3 is 2.47 bits per heavy atom. The molecule has 0 unspecified atom stereocenters. The van der Waals surface area contributed by atoms with Gasteiger partial charge in [-0.25, -0.2) is 23.1 Å². The summed E-state index contributed by atoms with van der Waals surface area (Å²) < 4.78 is 44.1. The van der Waals surface area contributed by atoms with Crippen LogP contribution in [0.25, 0.3) is 11.2 Å². The van der Waals surface area contributed by atoms with Gasteiger partial charge in [0.1, 0.15) is 17.0 Å². The van der Waals surface area contributed by atoms with E-state index in [0.717, 1.165) is 12.1 Å². The van der Waals surface area contributed by atoms with Crippen LogP contribution < -0.4 is 16.4 Å². The first kappa shape index (κ1) is 21.8. The zero-order chi connectivity index (χ0) is 23.0. The molecule has 170 valence electrons. The second-order valence-electron chi connectivity index (χ2n) is 8.26. The van der Waals surface area contributed by atoms with Crippen LogP contribution in [0.4, 0.5) is 30.8 Å². The van der Waals surface area contributed by atoms with Gasteiger partial charge in [0.05, 0.1) is 6.20 Å². The zero-order valence-corrected chi connectivity index (χ0v) is 17.7. The van der Waals surface area contributed by atoms with Gasteiger partial charge in [-0.1, -0.05) is 0 Å². The number of primary amides is 1. The topological polar surface area (TPSA) is 111 Å². The third-order valence-corrected chi connectivity index (χ3v) is 5.60. The number of imidazole rings is 1. The lowest BCUT2D eigenvalue weighted by Gasteiger charge is -2.29. The summed E-state index contributed by atoms with van der Waals surface area (Å²) in [6.45, 7) is 3.89. The normalized spacial score (nSPS) is 18.8. The molecule has 8 nitrogen and oxygen atoms in total. The van der Waals surface area contributed by atoms with Crippen molar-refractivity contribution in [2.45, 2.75) is 51.6 Å². The molecule has 1 aromatic carbocycles. The molecule has 0 radical (unpaired) electrons. The van der Waals surface area contributed by atoms with Crippen molar-refractivity contribution in [2.24, 2.45) is 11.7 Å². The highest BCUT2D eigenvalue weighted by Gasteiger charge is 2.29. The lowest BCUT2D eigenvalue weighted by atomic mass is 9.85. The Kier molecular flexibility index (Phi) is 5.90. The fraction of sp³-hybridized carbons (Fsp3) is 0.429. The summed E-state index contributed by atoms with van der Waals surface area (Å²) in [5, 5.41) is 5.73. The van der Waals surface area contributed by atoms with Crippen LogP contribution in [-0.4, -0.2) is 31.5 Å². The molecule has 0 spiro atoms. The van der Waals surface area contributed by atoms with Crippen LogP contribution in [0, 0.1) is 23.4 Å². The summed E-state index contributed by atoms with van der Waals surface area (Å²) >= 11 is 0. The smallest absolute Gasteiger partial charge is 0.224 e. The number of rotatable bonds is 6. The molecule has 2 heterocycles. The van der Waals surface area contributed by atoms with Gasteiger partial charge in [-0.05, 0) is 51.7 Å². The summed E-state index contributed by atoms with van der Waals surface area (Å²) in [5.41, 5.74) is 5.69. The van der Waals surface area contributed by atoms with E-state index in [4.69, 9.17) is 5.73 Å². The minimum atomic E-state index is -1.34. The molecule has 32 heavy (non-hydrogen) atoms. The third-order valence-electron chi connectivity index (χ3n) is 5.60. The number of carbonyl (C=O) groups excluding carboxylic acids is 1. The van der Waals surface area contributed by atoms with Crippen molar-refractivity contribution in [3.63, 3.8) is 0 Å². The Hall–Kier alpha value is -3.37. The molecule has 1 saturated carbocycles. The van der Waals surface area contributed by atoms with Gasteiger partial charge >= 0.3 is 0 Å². The molecule has 0 bridgehead atoms. The molecular formula is C21H24F3N7O. The first-order chi connectivity index (χ1) is 15.2. The Bertz CT molecular complexity index is 1160. The second-order valence-corrected chi connectivity index (χ2v) is 8.26. The Labute approximate surface area is 182 Å². The molecule has 0 aliphatic heterocycles. The van der Waals surface area contributed by atoms with Gasteiger partial charge in [-0.15, -0.1) is 0 Å². The van der Waals surface area contributed by atoms with E-state index in [1.165, 1.54) is 6.20 Å². The van der Waals surface area contributed by atoms with Gasteiger partial charge < -0.3 is 16.4 Å². The highest BCUT2D eigenvalue weighted by molar-refractivity contribution is 5.78. The van der Waals surface area contributed by atoms with Gasteiger partial charge in [0.15, 0.2) is 17.3 Å². The monoisotopic (exact) mass is 447 g/mol. The van der Waals surface area contributed by atoms with Crippen LogP contribution in [0.15, 0.2) is 18.3 Å². The van der Waals surface area contributed by atoms with Gasteiger partial charge in [0.25, 0.3) is 0 Å². The van der Waals surface area contributed by atoms with Crippen molar-refractivity contribution in [1.82, 2.24) is 19.5 Å². The van der Waals surface area contributed by atoms with Crippen molar-refractivity contribution in [3.8, 4) is 0 Å². The number of fused-ring (bicyclic) bond motifs is 1. The minimum Gasteiger partial charge on any atom is -0.369 e. The number of hydrogen-bond acceptors (Lipinski definition) is 6. The summed E-state index contributed by atoms with van der Waals surface area (Å²) in [6, 6.07) is 1.50. The number of nitrogens with one attached hydrogen (secondary N) is 2. The molecule has 4 N–H and O–H groups in total. The van der Waals surface area contributed by atoms with E-state index in [-0.39, 0.29) is 29.9 Å². The van der Waals surface area contributed by atoms with Gasteiger partial charge in [0, 0.05) is 18.0 Å². The average molecular weight is 447 g/mol. The molecule has 11 heteroatoms. The maximum absolute atomic E-state index is 14.3. The van der Waals surface area contributed by atoms with E-state index < -0.39 is 23.1 Å². The fourth-order valence-electron chi connectivity index (χ4n) is 4.02. The minimum absolute atomic E-state index is 0.0860. The molecule has 1 amide bonds. The number of amides is 1. The number of aromatic nitrogens is 4. The molecule has 1 aliphatic rings. The molecule has 2 aromatic heterocycles. The Balaban J connectivity index is 1.79. The van der Waals surface area contributed by atoms with E-state index >= 15 is 0 Å². The van der Waals surface area contributed by atoms with Crippen LogP contribution in [0.5, 0.6) is 0 Å². The predicted molar refractivity (Wildman–Crippen MR) is 114 cm³/mol. The van der Waals surface area contributed by atoms with E-state index in [0.29, 0.717) is 42.8 Å². The highest BCUT2D eigenvalue weighted by Crippen LogP contribution is 2.37. The van der Waals surface area contributed by atoms with Gasteiger partial charge in [-0.3, -0.25) is 9.36 Å². The lowest BCUT2D eigenvalue weighted by molar-refractivity contribution is -0.122. The summed E-state index contributed by atoms with van der Waals surface area (Å²) in [4.78, 5) is 24.8. The first-order valence-electron chi connectivity index (χ1n) is 10.5. The van der Waals surface area contributed by atoms with Crippen LogP contribution in [-0.2, 0) is 4.79 Å². The molecular weight excluding hydrogens is 423 g/mol. The fourth-order valence-corrected chi connectivity index (χ4v) is 4.02. The van der Waals surface area contributed by atoms with E-state index in [1.807, 2.05) is 13.8 Å². The predicted octanol–water partition coefficient (Wildman–Crippen LogP) is 4.02.